The summed E-state index contributed by atoms with van der Waals surface area (Å²) in [6, 6.07) is 15.9. The van der Waals surface area contributed by atoms with Crippen molar-refractivity contribution in [3.05, 3.63) is 75.1 Å². The highest BCUT2D eigenvalue weighted by Crippen LogP contribution is 2.60. The second-order valence-electron chi connectivity index (χ2n) is 10.5. The van der Waals surface area contributed by atoms with E-state index in [0.29, 0.717) is 31.6 Å². The molecule has 3 aromatic rings. The fourth-order valence-corrected chi connectivity index (χ4v) is 9.33. The molecule has 0 unspecified atom stereocenters. The van der Waals surface area contributed by atoms with E-state index in [1.54, 1.807) is 24.0 Å². The Kier molecular flexibility index (Phi) is 7.29. The fraction of sp³-hybridized carbons (Fsp3) is 0.444. The fourth-order valence-electron chi connectivity index (χ4n) is 6.18. The monoisotopic (exact) mass is 634 g/mol. The molecule has 0 saturated carbocycles. The number of benzene rings is 2. The molecule has 3 heterocycles. The minimum Gasteiger partial charge on any atom is -0.396 e. The number of aliphatic hydroxyl groups excluding tert-OH is 1. The number of halogens is 2. The number of hydrogen-bond acceptors (Lipinski definition) is 5. The average Bonchev–Trinajstić information content (AvgIpc) is 3.49. The standard InChI is InChI=1S/C27H32FIN4O3Si/c1-18-25(37(2,3)28)24(11-13-32-17-21(12-14-34)30-31-32)36-27(18)22-9-4-5-10-23(22)33(26(27)35)16-19-7-6-8-20(29)15-19/h4-10,15,17-18,24-25,34H,11-14,16H2,1-3H3/t18-,24+,25-,27+/m1/s1. The minimum absolute atomic E-state index is 0.00826. The van der Waals surface area contributed by atoms with Gasteiger partial charge in [-0.2, -0.15) is 0 Å². The third kappa shape index (κ3) is 4.77. The maximum absolute atomic E-state index is 15.9. The van der Waals surface area contributed by atoms with Gasteiger partial charge in [0.1, 0.15) is 0 Å². The van der Waals surface area contributed by atoms with E-state index in [4.69, 9.17) is 9.84 Å². The van der Waals surface area contributed by atoms with Crippen molar-refractivity contribution >= 4 is 42.6 Å². The molecule has 7 nitrogen and oxygen atoms in total. The molecule has 1 fully saturated rings. The molecule has 1 N–H and O–H groups in total. The lowest BCUT2D eigenvalue weighted by atomic mass is 9.82. The van der Waals surface area contributed by atoms with Gasteiger partial charge in [0.05, 0.1) is 24.0 Å². The lowest BCUT2D eigenvalue weighted by molar-refractivity contribution is -0.146. The number of aryl methyl sites for hydroxylation is 1. The molecule has 5 rings (SSSR count). The van der Waals surface area contributed by atoms with Crippen LogP contribution in [0.4, 0.5) is 9.80 Å². The van der Waals surface area contributed by atoms with Crippen molar-refractivity contribution in [2.45, 2.75) is 63.2 Å². The summed E-state index contributed by atoms with van der Waals surface area (Å²) >= 11 is 2.28. The zero-order valence-electron chi connectivity index (χ0n) is 21.3. The number of amides is 1. The number of anilines is 1. The summed E-state index contributed by atoms with van der Waals surface area (Å²) in [6.45, 7) is 6.35. The number of carbonyl (C=O) groups is 1. The highest BCUT2D eigenvalue weighted by atomic mass is 127. The number of nitrogens with zero attached hydrogens (tertiary/aromatic N) is 4. The summed E-state index contributed by atoms with van der Waals surface area (Å²) in [6.07, 6.45) is 2.33. The van der Waals surface area contributed by atoms with Gasteiger partial charge in [0.25, 0.3) is 5.91 Å². The Morgan fingerprint density at radius 1 is 1.22 bits per heavy atom. The van der Waals surface area contributed by atoms with Crippen LogP contribution < -0.4 is 4.90 Å². The lowest BCUT2D eigenvalue weighted by Gasteiger charge is -2.31. The first-order chi connectivity index (χ1) is 17.6. The number of aromatic nitrogens is 3. The van der Waals surface area contributed by atoms with E-state index in [9.17, 15) is 4.79 Å². The Hall–Kier alpha value is -2.15. The van der Waals surface area contributed by atoms with Crippen LogP contribution in [-0.2, 0) is 34.6 Å². The van der Waals surface area contributed by atoms with Crippen LogP contribution in [0.1, 0.15) is 30.2 Å². The summed E-state index contributed by atoms with van der Waals surface area (Å²) in [7, 11) is -3.22. The third-order valence-electron chi connectivity index (χ3n) is 7.69. The second kappa shape index (κ2) is 10.2. The summed E-state index contributed by atoms with van der Waals surface area (Å²) in [5, 5.41) is 17.4. The van der Waals surface area contributed by atoms with Crippen molar-refractivity contribution in [1.29, 1.82) is 0 Å². The number of rotatable bonds is 8. The highest BCUT2D eigenvalue weighted by Gasteiger charge is 2.66. The van der Waals surface area contributed by atoms with E-state index in [0.717, 1.165) is 20.4 Å². The van der Waals surface area contributed by atoms with Crippen molar-refractivity contribution in [2.24, 2.45) is 5.92 Å². The first-order valence-electron chi connectivity index (χ1n) is 12.7. The van der Waals surface area contributed by atoms with Crippen molar-refractivity contribution in [2.75, 3.05) is 11.5 Å². The number of aliphatic hydroxyl groups is 1. The Bertz CT molecular complexity index is 1300. The van der Waals surface area contributed by atoms with Gasteiger partial charge >= 0.3 is 0 Å². The predicted octanol–water partition coefficient (Wildman–Crippen LogP) is 4.83. The molecule has 37 heavy (non-hydrogen) atoms. The minimum atomic E-state index is -3.22. The number of carbonyl (C=O) groups excluding carboxylic acids is 1. The molecule has 0 radical (unpaired) electrons. The van der Waals surface area contributed by atoms with Crippen LogP contribution in [0.2, 0.25) is 18.6 Å². The predicted molar refractivity (Wildman–Crippen MR) is 150 cm³/mol. The second-order valence-corrected chi connectivity index (χ2v) is 15.6. The SMILES string of the molecule is C[C@@H]1[C@@H]([Si](C)(C)F)[C@H](CCn2cc(CCO)nn2)O[C@@]12C(=O)N(Cc1cccc(I)c1)c1ccccc12. The van der Waals surface area contributed by atoms with Gasteiger partial charge < -0.3 is 18.9 Å². The molecule has 1 amide bonds. The molecule has 1 spiro atoms. The van der Waals surface area contributed by atoms with E-state index >= 15 is 4.11 Å². The van der Waals surface area contributed by atoms with Gasteiger partial charge in [0.2, 0.25) is 8.41 Å². The first-order valence-corrected chi connectivity index (χ1v) is 16.7. The van der Waals surface area contributed by atoms with E-state index in [1.807, 2.05) is 54.3 Å². The molecular formula is C27H32FIN4O3Si. The molecule has 2 aliphatic rings. The molecule has 4 atom stereocenters. The molecule has 10 heteroatoms. The Balaban J connectivity index is 1.48. The molecule has 2 aliphatic heterocycles. The van der Waals surface area contributed by atoms with Crippen molar-refractivity contribution < 1.29 is 18.7 Å². The van der Waals surface area contributed by atoms with E-state index < -0.39 is 20.1 Å². The topological polar surface area (TPSA) is 80.5 Å². The zero-order chi connectivity index (χ0) is 26.4. The Morgan fingerprint density at radius 3 is 2.73 bits per heavy atom. The van der Waals surface area contributed by atoms with Crippen molar-refractivity contribution in [1.82, 2.24) is 15.0 Å². The molecule has 196 valence electrons. The smallest absolute Gasteiger partial charge is 0.264 e. The average molecular weight is 635 g/mol. The number of hydrogen-bond donors (Lipinski definition) is 1. The summed E-state index contributed by atoms with van der Waals surface area (Å²) < 4.78 is 25.5. The van der Waals surface area contributed by atoms with Crippen LogP contribution in [0.3, 0.4) is 0 Å². The van der Waals surface area contributed by atoms with Gasteiger partial charge in [0, 0.05) is 46.4 Å². The molecule has 0 aliphatic carbocycles. The van der Waals surface area contributed by atoms with E-state index in [1.165, 1.54) is 0 Å². The Morgan fingerprint density at radius 2 is 2.00 bits per heavy atom. The highest BCUT2D eigenvalue weighted by molar-refractivity contribution is 14.1. The van der Waals surface area contributed by atoms with Gasteiger partial charge in [-0.15, -0.1) is 5.10 Å². The summed E-state index contributed by atoms with van der Waals surface area (Å²) in [5.74, 6) is -0.434. The number of fused-ring (bicyclic) bond motifs is 2. The van der Waals surface area contributed by atoms with Crippen LogP contribution >= 0.6 is 22.6 Å². The summed E-state index contributed by atoms with van der Waals surface area (Å²) in [5.41, 5.74) is 1.84. The van der Waals surface area contributed by atoms with Gasteiger partial charge in [0.15, 0.2) is 5.60 Å². The van der Waals surface area contributed by atoms with Gasteiger partial charge in [-0.25, -0.2) is 0 Å². The van der Waals surface area contributed by atoms with Crippen LogP contribution in [0.15, 0.2) is 54.7 Å². The third-order valence-corrected chi connectivity index (χ3v) is 10.8. The van der Waals surface area contributed by atoms with Gasteiger partial charge in [-0.3, -0.25) is 9.48 Å². The zero-order valence-corrected chi connectivity index (χ0v) is 24.4. The van der Waals surface area contributed by atoms with Crippen molar-refractivity contribution in [3.8, 4) is 0 Å². The normalized spacial score (nSPS) is 25.3. The lowest BCUT2D eigenvalue weighted by Crippen LogP contribution is -2.45. The summed E-state index contributed by atoms with van der Waals surface area (Å²) in [4.78, 5) is 16.1. The molecule has 1 saturated heterocycles. The number of ether oxygens (including phenoxy) is 1. The first kappa shape index (κ1) is 26.5. The molecular weight excluding hydrogens is 602 g/mol. The Labute approximate surface area is 231 Å². The van der Waals surface area contributed by atoms with Crippen molar-refractivity contribution in [3.63, 3.8) is 0 Å². The van der Waals surface area contributed by atoms with Crippen LogP contribution in [-0.4, -0.2) is 47.1 Å². The van der Waals surface area contributed by atoms with Gasteiger partial charge in [-0.05, 0) is 65.9 Å². The number of para-hydroxylation sites is 1. The maximum atomic E-state index is 15.9. The molecule has 1 aromatic heterocycles. The maximum Gasteiger partial charge on any atom is 0.264 e. The molecule has 2 aromatic carbocycles. The van der Waals surface area contributed by atoms with Crippen LogP contribution in [0.5, 0.6) is 0 Å². The van der Waals surface area contributed by atoms with E-state index in [-0.39, 0.29) is 24.0 Å². The van der Waals surface area contributed by atoms with Crippen LogP contribution in [0.25, 0.3) is 0 Å². The van der Waals surface area contributed by atoms with Gasteiger partial charge in [-0.1, -0.05) is 42.5 Å². The molecule has 0 bridgehead atoms. The quantitative estimate of drug-likeness (QED) is 0.218. The largest absolute Gasteiger partial charge is 0.396 e. The van der Waals surface area contributed by atoms with E-state index in [2.05, 4.69) is 39.0 Å². The van der Waals surface area contributed by atoms with Crippen LogP contribution in [0, 0.1) is 9.49 Å².